The first-order chi connectivity index (χ1) is 29.3. The number of benzene rings is 9. The topological polar surface area (TPSA) is 34.5 Å². The molecule has 9 aromatic carbocycles. The minimum Gasteiger partial charge on any atom is -0.456 e. The molecule has 5 heteroatoms. The first-order valence-corrected chi connectivity index (χ1v) is 20.7. The van der Waals surface area contributed by atoms with E-state index in [9.17, 15) is 0 Å². The molecule has 0 radical (unpaired) electrons. The Morgan fingerprint density at radius 3 is 1.92 bits per heavy atom. The van der Waals surface area contributed by atoms with E-state index in [0.717, 1.165) is 77.8 Å². The third-order valence-electron chi connectivity index (χ3n) is 12.0. The standard InChI is InChI=1S/C54H32N2O2S/c1-2-13-34(14-3-1)55-43-20-7-4-15-37(43)41-31-33(27-29-44(41)55)36-18-10-19-40-53-46(22-12-25-49(53)58-54(36)40)56(35-28-30-51-42(32-35)38-16-6-9-26-50(38)59-51)45-21-11-24-48-52(45)39-17-5-8-23-47(39)57-48/h1-32H. The van der Waals surface area contributed by atoms with Crippen molar-refractivity contribution in [2.45, 2.75) is 0 Å². The van der Waals surface area contributed by atoms with Crippen LogP contribution >= 0.6 is 11.3 Å². The molecule has 276 valence electrons. The molecule has 4 nitrogen and oxygen atoms in total. The van der Waals surface area contributed by atoms with Gasteiger partial charge in [0, 0.05) is 58.7 Å². The van der Waals surface area contributed by atoms with Crippen LogP contribution < -0.4 is 4.90 Å². The Bertz CT molecular complexity index is 3810. The smallest absolute Gasteiger partial charge is 0.143 e. The summed E-state index contributed by atoms with van der Waals surface area (Å²) in [6, 6.07) is 69.4. The number of anilines is 3. The number of aromatic nitrogens is 1. The van der Waals surface area contributed by atoms with Gasteiger partial charge in [-0.2, -0.15) is 0 Å². The minimum atomic E-state index is 0.836. The lowest BCUT2D eigenvalue weighted by atomic mass is 9.99. The van der Waals surface area contributed by atoms with Crippen LogP contribution in [0.1, 0.15) is 0 Å². The van der Waals surface area contributed by atoms with E-state index < -0.39 is 0 Å². The SMILES string of the molecule is c1ccc(-n2c3ccccc3c3cc(-c4cccc5c4oc4cccc(N(c6ccc7sc8ccccc8c7c6)c6cccc7oc8ccccc8c67)c45)ccc32)cc1. The van der Waals surface area contributed by atoms with Crippen molar-refractivity contribution in [3.8, 4) is 16.8 Å². The monoisotopic (exact) mass is 772 g/mol. The first-order valence-electron chi connectivity index (χ1n) is 19.9. The molecule has 0 amide bonds. The van der Waals surface area contributed by atoms with Gasteiger partial charge in [0.2, 0.25) is 0 Å². The number of hydrogen-bond donors (Lipinski definition) is 0. The van der Waals surface area contributed by atoms with E-state index in [2.05, 4.69) is 198 Å². The molecule has 0 atom stereocenters. The summed E-state index contributed by atoms with van der Waals surface area (Å²) >= 11 is 1.84. The summed E-state index contributed by atoms with van der Waals surface area (Å²) in [5.74, 6) is 0. The Kier molecular flexibility index (Phi) is 6.85. The van der Waals surface area contributed by atoms with E-state index in [0.29, 0.717) is 0 Å². The van der Waals surface area contributed by atoms with Gasteiger partial charge in [-0.05, 0) is 90.5 Å². The predicted molar refractivity (Wildman–Crippen MR) is 248 cm³/mol. The number of furan rings is 2. The molecule has 59 heavy (non-hydrogen) atoms. The molecule has 0 fully saturated rings. The lowest BCUT2D eigenvalue weighted by Gasteiger charge is -2.27. The molecule has 0 N–H and O–H groups in total. The van der Waals surface area contributed by atoms with Crippen LogP contribution in [0.2, 0.25) is 0 Å². The highest BCUT2D eigenvalue weighted by Crippen LogP contribution is 2.49. The van der Waals surface area contributed by atoms with Crippen molar-refractivity contribution in [3.63, 3.8) is 0 Å². The molecule has 0 saturated carbocycles. The van der Waals surface area contributed by atoms with Gasteiger partial charge in [-0.25, -0.2) is 0 Å². The van der Waals surface area contributed by atoms with Crippen molar-refractivity contribution in [1.29, 1.82) is 0 Å². The second kappa shape index (κ2) is 12.4. The summed E-state index contributed by atoms with van der Waals surface area (Å²) in [5.41, 5.74) is 12.3. The molecule has 0 bridgehead atoms. The van der Waals surface area contributed by atoms with E-state index in [-0.39, 0.29) is 0 Å². The Labute approximate surface area is 342 Å². The van der Waals surface area contributed by atoms with Crippen LogP contribution in [0.3, 0.4) is 0 Å². The number of thiophene rings is 1. The summed E-state index contributed by atoms with van der Waals surface area (Å²) in [4.78, 5) is 2.41. The van der Waals surface area contributed by atoms with Crippen molar-refractivity contribution >= 4 is 114 Å². The maximum atomic E-state index is 6.98. The van der Waals surface area contributed by atoms with E-state index in [1.54, 1.807) is 0 Å². The molecule has 4 heterocycles. The van der Waals surface area contributed by atoms with E-state index in [1.165, 1.54) is 42.0 Å². The Morgan fingerprint density at radius 1 is 0.407 bits per heavy atom. The molecule has 13 aromatic rings. The molecular formula is C54H32N2O2S. The number of rotatable bonds is 5. The fourth-order valence-corrected chi connectivity index (χ4v) is 10.5. The van der Waals surface area contributed by atoms with Crippen molar-refractivity contribution in [3.05, 3.63) is 194 Å². The van der Waals surface area contributed by atoms with Crippen molar-refractivity contribution in [2.24, 2.45) is 0 Å². The summed E-state index contributed by atoms with van der Waals surface area (Å²) in [6.45, 7) is 0. The lowest BCUT2D eigenvalue weighted by Crippen LogP contribution is -2.10. The lowest BCUT2D eigenvalue weighted by molar-refractivity contribution is 0.669. The second-order valence-corrected chi connectivity index (χ2v) is 16.3. The highest BCUT2D eigenvalue weighted by Gasteiger charge is 2.25. The van der Waals surface area contributed by atoms with Crippen molar-refractivity contribution < 1.29 is 8.83 Å². The summed E-state index contributed by atoms with van der Waals surface area (Å²) in [5, 5.41) is 9.22. The van der Waals surface area contributed by atoms with Gasteiger partial charge in [0.05, 0.1) is 33.2 Å². The van der Waals surface area contributed by atoms with Crippen LogP contribution in [-0.4, -0.2) is 4.57 Å². The Morgan fingerprint density at radius 2 is 1.05 bits per heavy atom. The van der Waals surface area contributed by atoms with Crippen LogP contribution in [-0.2, 0) is 0 Å². The van der Waals surface area contributed by atoms with Gasteiger partial charge in [-0.1, -0.05) is 109 Å². The normalized spacial score (nSPS) is 12.1. The predicted octanol–water partition coefficient (Wildman–Crippen LogP) is 16.1. The number of nitrogens with zero attached hydrogens (tertiary/aromatic N) is 2. The molecule has 0 aliphatic carbocycles. The van der Waals surface area contributed by atoms with Gasteiger partial charge in [-0.3, -0.25) is 0 Å². The van der Waals surface area contributed by atoms with Crippen LogP contribution in [0.15, 0.2) is 203 Å². The Hall–Kier alpha value is -7.60. The third kappa shape index (κ3) is 4.77. The van der Waals surface area contributed by atoms with Gasteiger partial charge in [0.1, 0.15) is 22.3 Å². The third-order valence-corrected chi connectivity index (χ3v) is 13.1. The fourth-order valence-electron chi connectivity index (χ4n) is 9.44. The highest BCUT2D eigenvalue weighted by molar-refractivity contribution is 7.25. The Balaban J connectivity index is 1.06. The van der Waals surface area contributed by atoms with Gasteiger partial charge < -0.3 is 18.3 Å². The molecule has 0 aliphatic heterocycles. The highest BCUT2D eigenvalue weighted by atomic mass is 32.1. The summed E-state index contributed by atoms with van der Waals surface area (Å²) < 4.78 is 18.4. The summed E-state index contributed by atoms with van der Waals surface area (Å²) in [6.07, 6.45) is 0. The van der Waals surface area contributed by atoms with E-state index in [4.69, 9.17) is 8.83 Å². The summed E-state index contributed by atoms with van der Waals surface area (Å²) in [7, 11) is 0. The van der Waals surface area contributed by atoms with Crippen molar-refractivity contribution in [1.82, 2.24) is 4.57 Å². The first kappa shape index (κ1) is 32.5. The van der Waals surface area contributed by atoms with Crippen molar-refractivity contribution in [2.75, 3.05) is 4.90 Å². The molecular weight excluding hydrogens is 741 g/mol. The van der Waals surface area contributed by atoms with Gasteiger partial charge in [0.25, 0.3) is 0 Å². The molecule has 13 rings (SSSR count). The fraction of sp³-hybridized carbons (Fsp3) is 0. The van der Waals surface area contributed by atoms with E-state index in [1.807, 2.05) is 17.4 Å². The maximum Gasteiger partial charge on any atom is 0.143 e. The average Bonchev–Trinajstić information content (AvgIpc) is 4.06. The van der Waals surface area contributed by atoms with Gasteiger partial charge in [-0.15, -0.1) is 11.3 Å². The average molecular weight is 773 g/mol. The van der Waals surface area contributed by atoms with Crippen LogP contribution in [0.5, 0.6) is 0 Å². The number of hydrogen-bond acceptors (Lipinski definition) is 4. The zero-order valence-corrected chi connectivity index (χ0v) is 32.4. The molecule has 0 aliphatic rings. The second-order valence-electron chi connectivity index (χ2n) is 15.2. The van der Waals surface area contributed by atoms with Crippen LogP contribution in [0.25, 0.3) is 103 Å². The minimum absolute atomic E-state index is 0.836. The van der Waals surface area contributed by atoms with Crippen LogP contribution in [0.4, 0.5) is 17.1 Å². The quantitative estimate of drug-likeness (QED) is 0.175. The maximum absolute atomic E-state index is 6.98. The molecule has 0 unspecified atom stereocenters. The molecule has 4 aromatic heterocycles. The molecule has 0 spiro atoms. The van der Waals surface area contributed by atoms with Crippen LogP contribution in [0, 0.1) is 0 Å². The van der Waals surface area contributed by atoms with Gasteiger partial charge in [0.15, 0.2) is 0 Å². The zero-order chi connectivity index (χ0) is 38.6. The number of para-hydroxylation sites is 4. The van der Waals surface area contributed by atoms with E-state index >= 15 is 0 Å². The largest absolute Gasteiger partial charge is 0.456 e. The number of fused-ring (bicyclic) bond motifs is 12. The zero-order valence-electron chi connectivity index (χ0n) is 31.6. The molecule has 0 saturated heterocycles. The van der Waals surface area contributed by atoms with Gasteiger partial charge >= 0.3 is 0 Å².